The van der Waals surface area contributed by atoms with Gasteiger partial charge in [-0.2, -0.15) is 5.26 Å². The van der Waals surface area contributed by atoms with E-state index in [1.54, 1.807) is 0 Å². The Kier molecular flexibility index (Phi) is 3.35. The Hall–Kier alpha value is -0.590. The van der Waals surface area contributed by atoms with Gasteiger partial charge < -0.3 is 4.90 Å². The predicted octanol–water partition coefficient (Wildman–Crippen LogP) is 2.68. The number of hydrogen-bond acceptors (Lipinski definition) is 3. The molecule has 106 valence electrons. The van der Waals surface area contributed by atoms with Crippen LogP contribution >= 0.6 is 0 Å². The molecule has 2 unspecified atom stereocenters. The fourth-order valence-corrected chi connectivity index (χ4v) is 3.71. The minimum absolute atomic E-state index is 0.210. The number of nitrogens with one attached hydrogen (secondary N) is 1. The fourth-order valence-electron chi connectivity index (χ4n) is 3.71. The van der Waals surface area contributed by atoms with Crippen LogP contribution in [0, 0.1) is 16.7 Å². The van der Waals surface area contributed by atoms with Crippen LogP contribution in [0.2, 0.25) is 0 Å². The quantitative estimate of drug-likeness (QED) is 0.849. The third kappa shape index (κ3) is 2.95. The smallest absolute Gasteiger partial charge is 0.108 e. The van der Waals surface area contributed by atoms with Crippen LogP contribution < -0.4 is 5.32 Å². The van der Waals surface area contributed by atoms with Gasteiger partial charge in [-0.15, -0.1) is 0 Å². The van der Waals surface area contributed by atoms with E-state index in [4.69, 9.17) is 0 Å². The number of nitriles is 1. The number of nitrogens with zero attached hydrogens (tertiary/aromatic N) is 2. The summed E-state index contributed by atoms with van der Waals surface area (Å²) in [4.78, 5) is 2.65. The maximum atomic E-state index is 9.56. The minimum Gasteiger partial charge on any atom is -0.300 e. The number of hydrogen-bond donors (Lipinski definition) is 1. The van der Waals surface area contributed by atoms with E-state index < -0.39 is 0 Å². The first kappa shape index (κ1) is 13.4. The molecule has 1 aliphatic heterocycles. The summed E-state index contributed by atoms with van der Waals surface area (Å²) in [6.45, 7) is 7.21. The molecule has 3 heteroatoms. The Morgan fingerprint density at radius 1 is 1.11 bits per heavy atom. The average Bonchev–Trinajstić information content (AvgIpc) is 3.08. The Morgan fingerprint density at radius 3 is 2.37 bits per heavy atom. The highest BCUT2D eigenvalue weighted by Gasteiger charge is 2.45. The standard InChI is InChI=1S/C16H27N3/c1-15(2)7-9-19(10-8-15)14-5-6-16(11-14,12-17)18-13-3-4-13/h13-14,18H,3-11H2,1-2H3. The number of likely N-dealkylation sites (tertiary alicyclic amines) is 1. The van der Waals surface area contributed by atoms with Crippen LogP contribution in [0.25, 0.3) is 0 Å². The molecule has 3 nitrogen and oxygen atoms in total. The molecular weight excluding hydrogens is 234 g/mol. The van der Waals surface area contributed by atoms with Crippen LogP contribution in [0.5, 0.6) is 0 Å². The Bertz CT molecular complexity index is 370. The highest BCUT2D eigenvalue weighted by atomic mass is 15.2. The van der Waals surface area contributed by atoms with Crippen molar-refractivity contribution in [3.8, 4) is 6.07 Å². The zero-order chi connectivity index (χ0) is 13.5. The summed E-state index contributed by atoms with van der Waals surface area (Å²) in [6.07, 6.45) is 8.44. The second-order valence-electron chi connectivity index (χ2n) is 7.71. The normalized spacial score (nSPS) is 39.1. The van der Waals surface area contributed by atoms with Gasteiger partial charge in [-0.05, 0) is 63.5 Å². The van der Waals surface area contributed by atoms with E-state index in [1.165, 1.54) is 45.2 Å². The van der Waals surface area contributed by atoms with E-state index >= 15 is 0 Å². The van der Waals surface area contributed by atoms with Crippen molar-refractivity contribution in [3.05, 3.63) is 0 Å². The van der Waals surface area contributed by atoms with Crippen LogP contribution in [-0.4, -0.2) is 35.6 Å². The van der Waals surface area contributed by atoms with Crippen molar-refractivity contribution >= 4 is 0 Å². The van der Waals surface area contributed by atoms with Gasteiger partial charge in [-0.1, -0.05) is 13.8 Å². The first-order valence-corrected chi connectivity index (χ1v) is 7.95. The average molecular weight is 261 g/mol. The van der Waals surface area contributed by atoms with Gasteiger partial charge in [0.15, 0.2) is 0 Å². The summed E-state index contributed by atoms with van der Waals surface area (Å²) in [6, 6.07) is 3.87. The van der Waals surface area contributed by atoms with Gasteiger partial charge in [0.2, 0.25) is 0 Å². The Morgan fingerprint density at radius 2 is 1.79 bits per heavy atom. The second kappa shape index (κ2) is 4.75. The van der Waals surface area contributed by atoms with Gasteiger partial charge in [-0.25, -0.2) is 0 Å². The molecule has 19 heavy (non-hydrogen) atoms. The molecule has 3 rings (SSSR count). The fraction of sp³-hybridized carbons (Fsp3) is 0.938. The molecule has 0 aromatic heterocycles. The van der Waals surface area contributed by atoms with E-state index in [0.29, 0.717) is 17.5 Å². The lowest BCUT2D eigenvalue weighted by Crippen LogP contribution is -2.47. The first-order valence-electron chi connectivity index (χ1n) is 7.95. The van der Waals surface area contributed by atoms with E-state index in [0.717, 1.165) is 12.8 Å². The van der Waals surface area contributed by atoms with E-state index in [9.17, 15) is 5.26 Å². The molecule has 3 fully saturated rings. The zero-order valence-electron chi connectivity index (χ0n) is 12.4. The Balaban J connectivity index is 1.57. The van der Waals surface area contributed by atoms with Gasteiger partial charge in [-0.3, -0.25) is 5.32 Å². The minimum atomic E-state index is -0.210. The maximum Gasteiger partial charge on any atom is 0.108 e. The summed E-state index contributed by atoms with van der Waals surface area (Å²) in [5, 5.41) is 13.2. The number of rotatable bonds is 3. The van der Waals surface area contributed by atoms with E-state index in [-0.39, 0.29) is 5.54 Å². The molecule has 0 bridgehead atoms. The molecule has 0 amide bonds. The Labute approximate surface area is 117 Å². The summed E-state index contributed by atoms with van der Waals surface area (Å²) in [5.41, 5.74) is 0.312. The van der Waals surface area contributed by atoms with Crippen molar-refractivity contribution in [2.24, 2.45) is 5.41 Å². The maximum absolute atomic E-state index is 9.56. The molecule has 2 atom stereocenters. The van der Waals surface area contributed by atoms with Gasteiger partial charge in [0, 0.05) is 12.1 Å². The van der Waals surface area contributed by atoms with Crippen LogP contribution in [-0.2, 0) is 0 Å². The third-order valence-corrected chi connectivity index (χ3v) is 5.43. The molecule has 0 spiro atoms. The number of piperidine rings is 1. The lowest BCUT2D eigenvalue weighted by molar-refractivity contribution is 0.0935. The SMILES string of the molecule is CC1(C)CCN(C2CCC(C#N)(NC3CC3)C2)CC1. The molecule has 1 saturated heterocycles. The summed E-state index contributed by atoms with van der Waals surface area (Å²) in [5.74, 6) is 0. The predicted molar refractivity (Wildman–Crippen MR) is 76.7 cm³/mol. The molecule has 3 aliphatic rings. The molecule has 1 heterocycles. The van der Waals surface area contributed by atoms with Gasteiger partial charge in [0.05, 0.1) is 6.07 Å². The van der Waals surface area contributed by atoms with Crippen LogP contribution in [0.15, 0.2) is 0 Å². The van der Waals surface area contributed by atoms with Crippen LogP contribution in [0.1, 0.15) is 58.8 Å². The topological polar surface area (TPSA) is 39.1 Å². The van der Waals surface area contributed by atoms with Crippen molar-refractivity contribution in [1.29, 1.82) is 5.26 Å². The summed E-state index contributed by atoms with van der Waals surface area (Å²) >= 11 is 0. The van der Waals surface area contributed by atoms with E-state index in [2.05, 4.69) is 30.1 Å². The van der Waals surface area contributed by atoms with Crippen LogP contribution in [0.3, 0.4) is 0 Å². The van der Waals surface area contributed by atoms with Gasteiger partial charge in [0.1, 0.15) is 5.54 Å². The molecule has 1 N–H and O–H groups in total. The second-order valence-corrected chi connectivity index (χ2v) is 7.71. The van der Waals surface area contributed by atoms with Crippen molar-refractivity contribution in [3.63, 3.8) is 0 Å². The van der Waals surface area contributed by atoms with Crippen molar-refractivity contribution in [1.82, 2.24) is 10.2 Å². The third-order valence-electron chi connectivity index (χ3n) is 5.43. The first-order chi connectivity index (χ1) is 9.02. The molecule has 2 aliphatic carbocycles. The lowest BCUT2D eigenvalue weighted by Gasteiger charge is -2.40. The van der Waals surface area contributed by atoms with Crippen LogP contribution in [0.4, 0.5) is 0 Å². The molecular formula is C16H27N3. The zero-order valence-corrected chi connectivity index (χ0v) is 12.4. The van der Waals surface area contributed by atoms with E-state index in [1.807, 2.05) is 0 Å². The highest BCUT2D eigenvalue weighted by Crippen LogP contribution is 2.38. The van der Waals surface area contributed by atoms with Crippen molar-refractivity contribution in [2.75, 3.05) is 13.1 Å². The van der Waals surface area contributed by atoms with Crippen molar-refractivity contribution < 1.29 is 0 Å². The van der Waals surface area contributed by atoms with Gasteiger partial charge in [0.25, 0.3) is 0 Å². The molecule has 0 radical (unpaired) electrons. The molecule has 0 aromatic carbocycles. The van der Waals surface area contributed by atoms with Crippen molar-refractivity contribution in [2.45, 2.75) is 76.4 Å². The summed E-state index contributed by atoms with van der Waals surface area (Å²) < 4.78 is 0. The lowest BCUT2D eigenvalue weighted by atomic mass is 9.82. The van der Waals surface area contributed by atoms with Gasteiger partial charge >= 0.3 is 0 Å². The summed E-state index contributed by atoms with van der Waals surface area (Å²) in [7, 11) is 0. The monoisotopic (exact) mass is 261 g/mol. The largest absolute Gasteiger partial charge is 0.300 e. The highest BCUT2D eigenvalue weighted by molar-refractivity contribution is 5.15. The molecule has 0 aromatic rings. The molecule has 2 saturated carbocycles.